The van der Waals surface area contributed by atoms with E-state index in [9.17, 15) is 18.7 Å². The molecule has 0 aliphatic carbocycles. The molecule has 2 aromatic carbocycles. The maximum atomic E-state index is 14.4. The number of aromatic nitrogens is 5. The molecule has 2 aromatic heterocycles. The molecule has 0 bridgehead atoms. The number of fused-ring (bicyclic) bond motifs is 2. The Morgan fingerprint density at radius 1 is 1.12 bits per heavy atom. The van der Waals surface area contributed by atoms with E-state index in [1.807, 2.05) is 36.4 Å². The second kappa shape index (κ2) is 8.08. The highest BCUT2D eigenvalue weighted by Gasteiger charge is 2.52. The van der Waals surface area contributed by atoms with Crippen LogP contribution in [-0.4, -0.2) is 54.3 Å². The summed E-state index contributed by atoms with van der Waals surface area (Å²) in [5, 5.41) is 32.2. The highest BCUT2D eigenvalue weighted by Crippen LogP contribution is 2.30. The predicted molar refractivity (Wildman–Crippen MR) is 113 cm³/mol. The van der Waals surface area contributed by atoms with E-state index in [1.54, 1.807) is 18.2 Å². The molecular formula is C21H21F2N7O2. The third-order valence-corrected chi connectivity index (χ3v) is 5.09. The lowest BCUT2D eigenvalue weighted by Crippen LogP contribution is -2.55. The van der Waals surface area contributed by atoms with Crippen LogP contribution in [-0.2, 0) is 4.79 Å². The molecule has 4 aromatic rings. The van der Waals surface area contributed by atoms with Crippen LogP contribution in [0.25, 0.3) is 16.4 Å². The van der Waals surface area contributed by atoms with E-state index in [-0.39, 0.29) is 6.54 Å². The summed E-state index contributed by atoms with van der Waals surface area (Å²) >= 11 is 0. The Kier molecular flexibility index (Phi) is 5.43. The summed E-state index contributed by atoms with van der Waals surface area (Å²) in [6.07, 6.45) is 0. The molecule has 0 saturated heterocycles. The van der Waals surface area contributed by atoms with Crippen LogP contribution in [0.5, 0.6) is 0 Å². The van der Waals surface area contributed by atoms with Crippen molar-refractivity contribution in [3.8, 4) is 0 Å². The number of aliphatic hydroxyl groups is 1. The Hall–Kier alpha value is -3.73. The molecule has 1 atom stereocenters. The molecule has 0 radical (unpaired) electrons. The lowest BCUT2D eigenvalue weighted by atomic mass is 9.98. The Morgan fingerprint density at radius 2 is 1.88 bits per heavy atom. The number of carbonyl (C=O) groups excluding carboxylic acids is 1. The summed E-state index contributed by atoms with van der Waals surface area (Å²) in [5.41, 5.74) is -1.47. The lowest BCUT2D eigenvalue weighted by molar-refractivity contribution is -0.183. The van der Waals surface area contributed by atoms with Crippen molar-refractivity contribution in [1.82, 2.24) is 30.6 Å². The summed E-state index contributed by atoms with van der Waals surface area (Å²) in [6.45, 7) is 1.83. The monoisotopic (exact) mass is 441 g/mol. The average molecular weight is 441 g/mol. The van der Waals surface area contributed by atoms with Gasteiger partial charge in [0.1, 0.15) is 11.4 Å². The summed E-state index contributed by atoms with van der Waals surface area (Å²) in [6, 6.07) is 15.5. The molecule has 3 N–H and O–H groups in total. The first-order valence-electron chi connectivity index (χ1n) is 9.84. The van der Waals surface area contributed by atoms with Crippen LogP contribution in [0.3, 0.4) is 0 Å². The van der Waals surface area contributed by atoms with Crippen LogP contribution < -0.4 is 10.6 Å². The van der Waals surface area contributed by atoms with Gasteiger partial charge < -0.3 is 15.7 Å². The Labute approximate surface area is 181 Å². The van der Waals surface area contributed by atoms with Gasteiger partial charge in [-0.2, -0.15) is 8.78 Å². The minimum Gasteiger partial charge on any atom is -0.384 e. The molecule has 1 amide bonds. The number of rotatable bonds is 7. The number of benzene rings is 2. The van der Waals surface area contributed by atoms with Crippen molar-refractivity contribution in [2.24, 2.45) is 0 Å². The number of alkyl halides is 2. The second-order valence-corrected chi connectivity index (χ2v) is 7.89. The number of anilines is 1. The van der Waals surface area contributed by atoms with E-state index in [2.05, 4.69) is 31.3 Å². The SMILES string of the molecule is CC(C)(O)C(F)(F)C(=O)NC(CNc1ccc2nnnn2n1)c1ccc2ccccc2c1. The zero-order valence-electron chi connectivity index (χ0n) is 17.3. The normalized spacial score (nSPS) is 13.3. The highest BCUT2D eigenvalue weighted by atomic mass is 19.3. The van der Waals surface area contributed by atoms with Crippen molar-refractivity contribution in [3.63, 3.8) is 0 Å². The van der Waals surface area contributed by atoms with Gasteiger partial charge in [-0.3, -0.25) is 4.79 Å². The zero-order valence-corrected chi connectivity index (χ0v) is 17.3. The molecule has 0 aliphatic rings. The van der Waals surface area contributed by atoms with Gasteiger partial charge in [0.15, 0.2) is 5.65 Å². The minimum absolute atomic E-state index is 0.0483. The number of halogens is 2. The molecule has 4 rings (SSSR count). The average Bonchev–Trinajstić information content (AvgIpc) is 3.23. The van der Waals surface area contributed by atoms with E-state index in [4.69, 9.17) is 0 Å². The zero-order chi connectivity index (χ0) is 22.9. The lowest BCUT2D eigenvalue weighted by Gasteiger charge is -2.30. The molecule has 0 aliphatic heterocycles. The first-order chi connectivity index (χ1) is 15.1. The van der Waals surface area contributed by atoms with Gasteiger partial charge in [-0.1, -0.05) is 36.4 Å². The second-order valence-electron chi connectivity index (χ2n) is 7.89. The van der Waals surface area contributed by atoms with E-state index < -0.39 is 23.5 Å². The summed E-state index contributed by atoms with van der Waals surface area (Å²) in [5.74, 6) is -5.18. The quantitative estimate of drug-likeness (QED) is 0.403. The maximum absolute atomic E-state index is 14.4. The number of amides is 1. The fourth-order valence-electron chi connectivity index (χ4n) is 3.15. The van der Waals surface area contributed by atoms with Gasteiger partial charge in [-0.05, 0) is 58.8 Å². The largest absolute Gasteiger partial charge is 0.384 e. The molecule has 32 heavy (non-hydrogen) atoms. The highest BCUT2D eigenvalue weighted by molar-refractivity contribution is 5.86. The summed E-state index contributed by atoms with van der Waals surface area (Å²) in [7, 11) is 0. The number of hydrogen-bond donors (Lipinski definition) is 3. The van der Waals surface area contributed by atoms with Crippen molar-refractivity contribution in [1.29, 1.82) is 0 Å². The van der Waals surface area contributed by atoms with Gasteiger partial charge in [-0.15, -0.1) is 14.8 Å². The van der Waals surface area contributed by atoms with Crippen LogP contribution >= 0.6 is 0 Å². The van der Waals surface area contributed by atoms with E-state index in [1.165, 1.54) is 4.63 Å². The molecule has 2 heterocycles. The van der Waals surface area contributed by atoms with Crippen LogP contribution in [0.4, 0.5) is 14.6 Å². The van der Waals surface area contributed by atoms with Gasteiger partial charge in [-0.25, -0.2) is 0 Å². The van der Waals surface area contributed by atoms with Crippen LogP contribution in [0.15, 0.2) is 54.6 Å². The summed E-state index contributed by atoms with van der Waals surface area (Å²) < 4.78 is 30.1. The number of nitrogens with one attached hydrogen (secondary N) is 2. The number of carbonyl (C=O) groups is 1. The van der Waals surface area contributed by atoms with Crippen molar-refractivity contribution in [2.75, 3.05) is 11.9 Å². The van der Waals surface area contributed by atoms with Gasteiger partial charge in [0.2, 0.25) is 0 Å². The Bertz CT molecular complexity index is 1270. The minimum atomic E-state index is -3.99. The number of nitrogens with zero attached hydrogens (tertiary/aromatic N) is 5. The molecule has 11 heteroatoms. The maximum Gasteiger partial charge on any atom is 0.351 e. The molecule has 0 fully saturated rings. The van der Waals surface area contributed by atoms with Crippen molar-refractivity contribution >= 4 is 28.1 Å². The van der Waals surface area contributed by atoms with Gasteiger partial charge in [0.05, 0.1) is 6.04 Å². The molecule has 166 valence electrons. The molecular weight excluding hydrogens is 420 g/mol. The van der Waals surface area contributed by atoms with Crippen molar-refractivity contribution < 1.29 is 18.7 Å². The first-order valence-corrected chi connectivity index (χ1v) is 9.84. The molecule has 0 saturated carbocycles. The van der Waals surface area contributed by atoms with Gasteiger partial charge in [0, 0.05) is 6.54 Å². The third-order valence-electron chi connectivity index (χ3n) is 5.09. The number of hydrogen-bond acceptors (Lipinski definition) is 7. The van der Waals surface area contributed by atoms with Crippen molar-refractivity contribution in [2.45, 2.75) is 31.4 Å². The number of tetrazole rings is 1. The van der Waals surface area contributed by atoms with E-state index >= 15 is 0 Å². The smallest absolute Gasteiger partial charge is 0.351 e. The van der Waals surface area contributed by atoms with Crippen LogP contribution in [0.2, 0.25) is 0 Å². The predicted octanol–water partition coefficient (Wildman–Crippen LogP) is 2.35. The van der Waals surface area contributed by atoms with Gasteiger partial charge >= 0.3 is 5.92 Å². The molecule has 1 unspecified atom stereocenters. The Morgan fingerprint density at radius 3 is 2.62 bits per heavy atom. The van der Waals surface area contributed by atoms with Crippen molar-refractivity contribution in [3.05, 3.63) is 60.2 Å². The van der Waals surface area contributed by atoms with Crippen LogP contribution in [0.1, 0.15) is 25.5 Å². The van der Waals surface area contributed by atoms with E-state index in [0.717, 1.165) is 24.6 Å². The summed E-state index contributed by atoms with van der Waals surface area (Å²) in [4.78, 5) is 12.4. The Balaban J connectivity index is 1.62. The standard InChI is InChI=1S/C21H21F2N7O2/c1-20(2,32)21(22,23)19(31)25-16(15-8-7-13-5-3-4-6-14(13)11-15)12-24-17-9-10-18-26-28-29-30(18)27-17/h3-11,16,32H,12H2,1-2H3,(H,24,27)(H,25,31). The fraction of sp³-hybridized carbons (Fsp3) is 0.286. The van der Waals surface area contributed by atoms with Crippen LogP contribution in [0, 0.1) is 0 Å². The fourth-order valence-corrected chi connectivity index (χ4v) is 3.15. The first kappa shape index (κ1) is 21.5. The topological polar surface area (TPSA) is 117 Å². The van der Waals surface area contributed by atoms with E-state index in [0.29, 0.717) is 17.0 Å². The van der Waals surface area contributed by atoms with Gasteiger partial charge in [0.25, 0.3) is 5.91 Å². The third kappa shape index (κ3) is 4.19. The molecule has 9 nitrogen and oxygen atoms in total. The molecule has 0 spiro atoms.